The molecule has 1 N–H and O–H groups in total. The topological polar surface area (TPSA) is 58.5 Å². The number of hydrogen-bond acceptors (Lipinski definition) is 4. The number of sulfone groups is 1. The lowest BCUT2D eigenvalue weighted by Crippen LogP contribution is -2.32. The number of halogens is 1. The molecule has 1 aliphatic rings. The quantitative estimate of drug-likeness (QED) is 0.652. The predicted molar refractivity (Wildman–Crippen MR) is 81.7 cm³/mol. The first-order valence-corrected chi connectivity index (χ1v) is 8.86. The molecule has 0 amide bonds. The summed E-state index contributed by atoms with van der Waals surface area (Å²) in [6.45, 7) is 1.37. The predicted octanol–water partition coefficient (Wildman–Crippen LogP) is 1.64. The maximum absolute atomic E-state index is 11.3. The van der Waals surface area contributed by atoms with Crippen LogP contribution in [-0.4, -0.2) is 45.3 Å². The Morgan fingerprint density at radius 3 is 2.74 bits per heavy atom. The number of rotatable bonds is 5. The summed E-state index contributed by atoms with van der Waals surface area (Å²) >= 11 is 3.38. The van der Waals surface area contributed by atoms with Crippen molar-refractivity contribution in [1.82, 2.24) is 5.32 Å². The Labute approximate surface area is 122 Å². The average Bonchev–Trinajstić information content (AvgIpc) is 2.71. The zero-order valence-corrected chi connectivity index (χ0v) is 13.0. The van der Waals surface area contributed by atoms with Crippen molar-refractivity contribution in [2.75, 3.05) is 24.6 Å². The lowest BCUT2D eigenvalue weighted by molar-refractivity contribution is 0.561. The third-order valence-corrected chi connectivity index (χ3v) is 5.31. The molecule has 1 saturated heterocycles. The molecule has 104 valence electrons. The molecule has 1 aliphatic heterocycles. The summed E-state index contributed by atoms with van der Waals surface area (Å²) in [6, 6.07) is 8.04. The smallest absolute Gasteiger partial charge is 0.151 e. The number of hydrogen-bond donors (Lipinski definition) is 1. The van der Waals surface area contributed by atoms with E-state index < -0.39 is 9.84 Å². The van der Waals surface area contributed by atoms with Crippen LogP contribution in [0.4, 0.5) is 0 Å². The van der Waals surface area contributed by atoms with E-state index in [9.17, 15) is 8.42 Å². The molecule has 0 saturated carbocycles. The molecule has 4 nitrogen and oxygen atoms in total. The van der Waals surface area contributed by atoms with Gasteiger partial charge in [-0.1, -0.05) is 28.1 Å². The molecule has 0 radical (unpaired) electrons. The maximum Gasteiger partial charge on any atom is 0.151 e. The fourth-order valence-electron chi connectivity index (χ4n) is 2.01. The van der Waals surface area contributed by atoms with Crippen LogP contribution in [0.5, 0.6) is 0 Å². The van der Waals surface area contributed by atoms with Crippen LogP contribution in [0, 0.1) is 0 Å². The van der Waals surface area contributed by atoms with Gasteiger partial charge in [0.15, 0.2) is 9.84 Å². The zero-order chi connectivity index (χ0) is 13.7. The molecule has 0 aromatic heterocycles. The molecular weight excluding hydrogens is 328 g/mol. The van der Waals surface area contributed by atoms with Gasteiger partial charge >= 0.3 is 0 Å². The Morgan fingerprint density at radius 1 is 1.37 bits per heavy atom. The molecule has 1 aromatic rings. The highest BCUT2D eigenvalue weighted by atomic mass is 79.9. The van der Waals surface area contributed by atoms with E-state index in [1.165, 1.54) is 0 Å². The van der Waals surface area contributed by atoms with Gasteiger partial charge in [0.1, 0.15) is 0 Å². The van der Waals surface area contributed by atoms with Crippen molar-refractivity contribution < 1.29 is 8.42 Å². The van der Waals surface area contributed by atoms with E-state index in [0.29, 0.717) is 18.8 Å². The number of nitrogens with zero attached hydrogens (tertiary/aromatic N) is 1. The Morgan fingerprint density at radius 2 is 2.11 bits per heavy atom. The first-order valence-electron chi connectivity index (χ1n) is 6.24. The molecular formula is C13H17BrN2O2S. The van der Waals surface area contributed by atoms with Gasteiger partial charge in [-0.15, -0.1) is 0 Å². The van der Waals surface area contributed by atoms with Gasteiger partial charge in [-0.2, -0.15) is 0 Å². The fraction of sp³-hybridized carbons (Fsp3) is 0.462. The zero-order valence-electron chi connectivity index (χ0n) is 10.5. The third kappa shape index (κ3) is 5.04. The highest BCUT2D eigenvalue weighted by Gasteiger charge is 2.26. The minimum absolute atomic E-state index is 0.105. The van der Waals surface area contributed by atoms with Crippen LogP contribution in [0.15, 0.2) is 33.7 Å². The van der Waals surface area contributed by atoms with E-state index >= 15 is 0 Å². The molecule has 1 fully saturated rings. The Balaban J connectivity index is 1.68. The van der Waals surface area contributed by atoms with Gasteiger partial charge in [0.05, 0.1) is 18.1 Å². The summed E-state index contributed by atoms with van der Waals surface area (Å²) in [5.41, 5.74) is 1.06. The Kier molecular flexibility index (Phi) is 5.13. The molecule has 1 aromatic carbocycles. The summed E-state index contributed by atoms with van der Waals surface area (Å²) in [6.07, 6.45) is 2.55. The van der Waals surface area contributed by atoms with Crippen molar-refractivity contribution in [3.05, 3.63) is 34.3 Å². The molecule has 6 heteroatoms. The third-order valence-electron chi connectivity index (χ3n) is 3.02. The first-order chi connectivity index (χ1) is 9.05. The number of benzene rings is 1. The van der Waals surface area contributed by atoms with Crippen LogP contribution in [0.3, 0.4) is 0 Å². The van der Waals surface area contributed by atoms with Crippen LogP contribution in [0.1, 0.15) is 12.0 Å². The van der Waals surface area contributed by atoms with Crippen molar-refractivity contribution >= 4 is 32.0 Å². The van der Waals surface area contributed by atoms with Crippen molar-refractivity contribution in [2.45, 2.75) is 12.5 Å². The summed E-state index contributed by atoms with van der Waals surface area (Å²) in [7, 11) is -2.79. The molecule has 0 bridgehead atoms. The highest BCUT2D eigenvalue weighted by molar-refractivity contribution is 9.10. The summed E-state index contributed by atoms with van der Waals surface area (Å²) in [5, 5.41) is 3.23. The normalized spacial score (nSPS) is 22.1. The van der Waals surface area contributed by atoms with Crippen LogP contribution >= 0.6 is 15.9 Å². The minimum atomic E-state index is -2.79. The molecule has 1 atom stereocenters. The van der Waals surface area contributed by atoms with Gasteiger partial charge < -0.3 is 5.32 Å². The second-order valence-corrected chi connectivity index (χ2v) is 7.79. The second-order valence-electron chi connectivity index (χ2n) is 4.64. The van der Waals surface area contributed by atoms with Gasteiger partial charge in [-0.25, -0.2) is 8.42 Å². The van der Waals surface area contributed by atoms with Crippen LogP contribution in [-0.2, 0) is 9.84 Å². The number of aliphatic imine (C=N–C) groups is 1. The summed E-state index contributed by atoms with van der Waals surface area (Å²) in [4.78, 5) is 4.32. The van der Waals surface area contributed by atoms with Crippen molar-refractivity contribution in [3.63, 3.8) is 0 Å². The minimum Gasteiger partial charge on any atom is -0.311 e. The molecule has 2 rings (SSSR count). The van der Waals surface area contributed by atoms with Gasteiger partial charge in [0.25, 0.3) is 0 Å². The maximum atomic E-state index is 11.3. The molecule has 19 heavy (non-hydrogen) atoms. The summed E-state index contributed by atoms with van der Waals surface area (Å²) in [5.74, 6) is 0.580. The number of nitrogens with one attached hydrogen (secondary N) is 1. The van der Waals surface area contributed by atoms with Crippen LogP contribution in [0.25, 0.3) is 0 Å². The van der Waals surface area contributed by atoms with Crippen LogP contribution in [0.2, 0.25) is 0 Å². The van der Waals surface area contributed by atoms with E-state index in [1.54, 1.807) is 0 Å². The van der Waals surface area contributed by atoms with Gasteiger partial charge in [-0.05, 0) is 24.1 Å². The van der Waals surface area contributed by atoms with Crippen LogP contribution < -0.4 is 5.32 Å². The van der Waals surface area contributed by atoms with Crippen molar-refractivity contribution in [1.29, 1.82) is 0 Å². The molecule has 0 spiro atoms. The first kappa shape index (κ1) is 14.7. The molecule has 0 aliphatic carbocycles. The van der Waals surface area contributed by atoms with E-state index in [1.807, 2.05) is 30.5 Å². The van der Waals surface area contributed by atoms with E-state index in [0.717, 1.165) is 16.5 Å². The van der Waals surface area contributed by atoms with E-state index in [2.05, 4.69) is 26.2 Å². The average molecular weight is 345 g/mol. The Hall–Kier alpha value is -0.720. The summed E-state index contributed by atoms with van der Waals surface area (Å²) < 4.78 is 23.6. The SMILES string of the molecule is O=S1(=O)CCC(NCCN=Cc2ccc(Br)cc2)C1. The standard InChI is InChI=1S/C13H17BrN2O2S/c14-12-3-1-11(2-4-12)9-15-6-7-16-13-5-8-19(17,18)10-13/h1-4,9,13,16H,5-8,10H2. The van der Waals surface area contributed by atoms with Crippen molar-refractivity contribution in [3.8, 4) is 0 Å². The van der Waals surface area contributed by atoms with E-state index in [4.69, 9.17) is 0 Å². The Bertz CT molecular complexity index is 540. The van der Waals surface area contributed by atoms with Crippen molar-refractivity contribution in [2.24, 2.45) is 4.99 Å². The monoisotopic (exact) mass is 344 g/mol. The second kappa shape index (κ2) is 6.63. The van der Waals surface area contributed by atoms with Gasteiger partial charge in [0, 0.05) is 23.3 Å². The lowest BCUT2D eigenvalue weighted by Gasteiger charge is -2.08. The van der Waals surface area contributed by atoms with E-state index in [-0.39, 0.29) is 11.8 Å². The molecule has 1 heterocycles. The van der Waals surface area contributed by atoms with Gasteiger partial charge in [-0.3, -0.25) is 4.99 Å². The fourth-order valence-corrected chi connectivity index (χ4v) is 3.98. The largest absolute Gasteiger partial charge is 0.311 e. The molecule has 1 unspecified atom stereocenters. The highest BCUT2D eigenvalue weighted by Crippen LogP contribution is 2.11. The van der Waals surface area contributed by atoms with Gasteiger partial charge in [0.2, 0.25) is 0 Å². The lowest BCUT2D eigenvalue weighted by atomic mass is 10.2.